The third kappa shape index (κ3) is 15.1. The first-order chi connectivity index (χ1) is 27.4. The van der Waals surface area contributed by atoms with Gasteiger partial charge in [0.05, 0.1) is 4.92 Å². The Morgan fingerprint density at radius 2 is 0.966 bits per heavy atom. The number of anilines is 3. The molecule has 17 heteroatoms. The predicted molar refractivity (Wildman–Crippen MR) is 251 cm³/mol. The first-order valence-electron chi connectivity index (χ1n) is 18.7. The summed E-state index contributed by atoms with van der Waals surface area (Å²) in [4.78, 5) is 68.5. The zero-order valence-electron chi connectivity index (χ0n) is 36.0. The second-order valence-electron chi connectivity index (χ2n) is 13.5. The number of benzene rings is 3. The molecule has 59 heavy (non-hydrogen) atoms. The number of fused-ring (bicyclic) bond motifs is 3. The number of rotatable bonds is 1. The van der Waals surface area contributed by atoms with Gasteiger partial charge in [-0.05, 0) is 133 Å². The normalized spacial score (nSPS) is 12.3. The van der Waals surface area contributed by atoms with Gasteiger partial charge in [-0.1, -0.05) is 35.8 Å². The van der Waals surface area contributed by atoms with Crippen LogP contribution in [0.3, 0.4) is 0 Å². The highest BCUT2D eigenvalue weighted by atomic mass is 80.9. The lowest BCUT2D eigenvalue weighted by Crippen LogP contribution is -2.26. The summed E-state index contributed by atoms with van der Waals surface area (Å²) in [7, 11) is 0. The maximum atomic E-state index is 11.6. The second kappa shape index (κ2) is 25.8. The highest BCUT2D eigenvalue weighted by Crippen LogP contribution is 2.45. The van der Waals surface area contributed by atoms with Gasteiger partial charge >= 0.3 is 0 Å². The molecule has 0 unspecified atom stereocenters. The van der Waals surface area contributed by atoms with Gasteiger partial charge in [0.1, 0.15) is 5.69 Å². The molecular weight excluding hydrogens is 1020 g/mol. The number of carboxylic acids is 2. The molecule has 0 saturated heterocycles. The molecule has 326 valence electrons. The van der Waals surface area contributed by atoms with Crippen molar-refractivity contribution in [2.24, 2.45) is 0 Å². The minimum atomic E-state index is -0.833. The van der Waals surface area contributed by atoms with Crippen LogP contribution in [0.25, 0.3) is 0 Å². The summed E-state index contributed by atoms with van der Waals surface area (Å²) in [5, 5.41) is 26.1. The van der Waals surface area contributed by atoms with E-state index in [1.54, 1.807) is 20.8 Å². The molecule has 0 aliphatic carbocycles. The molecule has 13 nitrogen and oxygen atoms in total. The molecule has 0 spiro atoms. The highest BCUT2D eigenvalue weighted by Gasteiger charge is 2.35. The van der Waals surface area contributed by atoms with Crippen LogP contribution in [0.5, 0.6) is 0 Å². The number of carbonyl (C=O) groups is 5. The predicted octanol–water partition coefficient (Wildman–Crippen LogP) is 11.0. The Morgan fingerprint density at radius 3 is 1.39 bits per heavy atom. The van der Waals surface area contributed by atoms with Gasteiger partial charge in [-0.25, -0.2) is 0 Å². The van der Waals surface area contributed by atoms with Crippen molar-refractivity contribution < 1.29 is 39.1 Å². The van der Waals surface area contributed by atoms with Crippen LogP contribution in [-0.4, -0.2) is 64.4 Å². The molecule has 0 fully saturated rings. The van der Waals surface area contributed by atoms with Gasteiger partial charge in [-0.3, -0.25) is 34.1 Å². The van der Waals surface area contributed by atoms with Crippen LogP contribution in [0.2, 0.25) is 0 Å². The number of aryl methyl sites for hydroxylation is 3. The summed E-state index contributed by atoms with van der Waals surface area (Å²) in [5.41, 5.74) is 12.8. The largest absolute Gasteiger partial charge is 0.481 e. The number of carbonyl (C=O) groups excluding carboxylic acids is 3. The maximum absolute atomic E-state index is 11.6. The smallest absolute Gasteiger partial charge is 0.300 e. The molecule has 3 aromatic rings. The van der Waals surface area contributed by atoms with Crippen molar-refractivity contribution in [2.75, 3.05) is 34.3 Å². The van der Waals surface area contributed by atoms with E-state index in [0.717, 1.165) is 66.8 Å². The number of nitro benzene ring substituents is 1. The zero-order valence-corrected chi connectivity index (χ0v) is 42.4. The summed E-state index contributed by atoms with van der Waals surface area (Å²) >= 11 is 12.5. The summed E-state index contributed by atoms with van der Waals surface area (Å²) < 4.78 is 1.94. The fraction of sp³-hybridized carbons (Fsp3) is 0.452. The Kier molecular flexibility index (Phi) is 24.2. The molecule has 3 amide bonds. The average Bonchev–Trinajstić information content (AvgIpc) is 3.89. The third-order valence-electron chi connectivity index (χ3n) is 9.29. The molecule has 0 saturated carbocycles. The van der Waals surface area contributed by atoms with Crippen molar-refractivity contribution in [3.63, 3.8) is 0 Å². The van der Waals surface area contributed by atoms with Crippen LogP contribution in [0, 0.1) is 51.7 Å². The summed E-state index contributed by atoms with van der Waals surface area (Å²) in [6.45, 7) is 25.0. The average molecular weight is 1080 g/mol. The van der Waals surface area contributed by atoms with Crippen molar-refractivity contribution in [3.8, 4) is 0 Å². The molecule has 3 aliphatic heterocycles. The first-order valence-corrected chi connectivity index (χ1v) is 24.0. The van der Waals surface area contributed by atoms with E-state index in [1.165, 1.54) is 49.7 Å². The molecular formula is C42H56Br4N4O9. The minimum absolute atomic E-state index is 0.0372. The lowest BCUT2D eigenvalue weighted by atomic mass is 10.0. The number of amides is 3. The van der Waals surface area contributed by atoms with Crippen LogP contribution in [-0.2, 0) is 43.2 Å². The van der Waals surface area contributed by atoms with Gasteiger partial charge in [0.2, 0.25) is 17.7 Å². The Bertz CT molecular complexity index is 2020. The lowest BCUT2D eigenvalue weighted by molar-refractivity contribution is -0.384. The number of aliphatic carboxylic acids is 2. The fourth-order valence-corrected chi connectivity index (χ4v) is 7.68. The first kappa shape index (κ1) is 55.3. The maximum Gasteiger partial charge on any atom is 0.300 e. The van der Waals surface area contributed by atoms with E-state index in [4.69, 9.17) is 19.8 Å². The Morgan fingerprint density at radius 1 is 0.593 bits per heavy atom. The number of nitro groups is 1. The molecule has 3 aromatic carbocycles. The quantitative estimate of drug-likeness (QED) is 0.177. The zero-order chi connectivity index (χ0) is 46.2. The summed E-state index contributed by atoms with van der Waals surface area (Å²) in [6, 6.07) is 6.39. The van der Waals surface area contributed by atoms with Crippen molar-refractivity contribution in [1.29, 1.82) is 0 Å². The number of nitrogens with zero attached hydrogens (tertiary/aromatic N) is 4. The molecule has 0 aromatic heterocycles. The van der Waals surface area contributed by atoms with Crippen LogP contribution in [0.15, 0.2) is 27.1 Å². The highest BCUT2D eigenvalue weighted by molar-refractivity contribution is 9.93. The molecule has 6 rings (SSSR count). The van der Waals surface area contributed by atoms with Crippen molar-refractivity contribution in [1.82, 2.24) is 0 Å². The second-order valence-corrected chi connectivity index (χ2v) is 15.1. The molecule has 0 atom stereocenters. The topological polar surface area (TPSA) is 179 Å². The van der Waals surface area contributed by atoms with E-state index in [0.29, 0.717) is 24.2 Å². The van der Waals surface area contributed by atoms with E-state index in [2.05, 4.69) is 106 Å². The minimum Gasteiger partial charge on any atom is -0.481 e. The third-order valence-corrected chi connectivity index (χ3v) is 11.7. The lowest BCUT2D eigenvalue weighted by Gasteiger charge is -2.17. The molecule has 3 aliphatic rings. The van der Waals surface area contributed by atoms with Crippen LogP contribution < -0.4 is 14.7 Å². The van der Waals surface area contributed by atoms with Gasteiger partial charge in [0.25, 0.3) is 17.6 Å². The van der Waals surface area contributed by atoms with Gasteiger partial charge in [0.15, 0.2) is 0 Å². The summed E-state index contributed by atoms with van der Waals surface area (Å²) in [6.07, 6.45) is 2.64. The van der Waals surface area contributed by atoms with Crippen LogP contribution in [0.4, 0.5) is 22.7 Å². The van der Waals surface area contributed by atoms with E-state index >= 15 is 0 Å². The van der Waals surface area contributed by atoms with Crippen LogP contribution in [0.1, 0.15) is 98.5 Å². The molecule has 3 heterocycles. The van der Waals surface area contributed by atoms with E-state index < -0.39 is 16.9 Å². The number of hydrogen-bond donors (Lipinski definition) is 2. The molecule has 0 radical (unpaired) electrons. The number of hydrogen-bond acceptors (Lipinski definition) is 7. The Hall–Kier alpha value is -3.67. The number of carboxylic acid groups (broad SMARTS) is 2. The fourth-order valence-electron chi connectivity index (χ4n) is 6.90. The van der Waals surface area contributed by atoms with Crippen molar-refractivity contribution >= 4 is 113 Å². The number of halogens is 4. The summed E-state index contributed by atoms with van der Waals surface area (Å²) in [5.74, 6) is -1.54. The monoisotopic (exact) mass is 1080 g/mol. The van der Waals surface area contributed by atoms with Gasteiger partial charge in [0, 0.05) is 108 Å². The van der Waals surface area contributed by atoms with Crippen LogP contribution >= 0.6 is 60.1 Å². The molecule has 2 N–H and O–H groups in total. The SMILES string of the molecule is BrBr.CC.CC(=O)N1CCc2c(C)c(Br)c(C)c([N+](=O)[O-])c21.CC(=O)N1CCc2c(C)cc(C)cc21.CC(=O)N1CCc2c1cc(C)c(Br)c2C.CC(=O)O.CC(=O)O. The molecule has 0 bridgehead atoms. The Balaban J connectivity index is 0.000000757. The van der Waals surface area contributed by atoms with Crippen molar-refractivity contribution in [3.05, 3.63) is 87.3 Å². The van der Waals surface area contributed by atoms with Gasteiger partial charge < -0.3 is 24.9 Å². The van der Waals surface area contributed by atoms with Gasteiger partial charge in [-0.2, -0.15) is 0 Å². The Labute approximate surface area is 380 Å². The van der Waals surface area contributed by atoms with E-state index in [9.17, 15) is 24.5 Å². The van der Waals surface area contributed by atoms with Crippen molar-refractivity contribution in [2.45, 2.75) is 109 Å². The van der Waals surface area contributed by atoms with Gasteiger partial charge in [-0.15, -0.1) is 0 Å². The van der Waals surface area contributed by atoms with E-state index in [1.807, 2.05) is 30.6 Å². The standard InChI is InChI=1S/C12H13BrN2O3.C12H14BrNO.C12H15NO.2C2H4O2.C2H6.Br2/c1-6-9-4-5-14(8(3)16)12(9)11(15(17)18)7(2)10(6)13;1-7-6-11-10(8(2)12(7)13)4-5-14(11)9(3)15;1-8-6-9(2)11-4-5-13(10(3)14)12(11)7-8;2*1-2(3)4;2*1-2/h4-5H2,1-3H3;6H,4-5H2,1-3H3;6-7H,4-5H2,1-3H3;2*1H3,(H,3,4);1-2H3;. The van der Waals surface area contributed by atoms with E-state index in [-0.39, 0.29) is 23.4 Å².